The minimum atomic E-state index is -4.22. The van der Waals surface area contributed by atoms with E-state index in [4.69, 9.17) is 5.73 Å². The van der Waals surface area contributed by atoms with Gasteiger partial charge in [-0.1, -0.05) is 12.1 Å². The molecule has 0 aliphatic carbocycles. The van der Waals surface area contributed by atoms with E-state index in [0.717, 1.165) is 18.8 Å². The van der Waals surface area contributed by atoms with Gasteiger partial charge < -0.3 is 10.6 Å². The number of anilines is 1. The summed E-state index contributed by atoms with van der Waals surface area (Å²) in [4.78, 5) is 2.24. The van der Waals surface area contributed by atoms with Crippen LogP contribution in [0.5, 0.6) is 0 Å². The van der Waals surface area contributed by atoms with E-state index in [1.54, 1.807) is 12.1 Å². The van der Waals surface area contributed by atoms with E-state index >= 15 is 0 Å². The molecule has 1 fully saturated rings. The van der Waals surface area contributed by atoms with Gasteiger partial charge in [-0.25, -0.2) is 0 Å². The summed E-state index contributed by atoms with van der Waals surface area (Å²) in [5.41, 5.74) is 7.15. The largest absolute Gasteiger partial charge is 0.390 e. The molecule has 1 saturated heterocycles. The Labute approximate surface area is 105 Å². The Bertz CT molecular complexity index is 380. The number of halogens is 3. The summed E-state index contributed by atoms with van der Waals surface area (Å²) < 4.78 is 36.7. The molecule has 1 heterocycles. The van der Waals surface area contributed by atoms with Crippen LogP contribution in [0.4, 0.5) is 18.9 Å². The predicted molar refractivity (Wildman–Crippen MR) is 65.5 cm³/mol. The Hall–Kier alpha value is -1.23. The predicted octanol–water partition coefficient (Wildman–Crippen LogP) is 3.24. The molecule has 2 nitrogen and oxygen atoms in total. The van der Waals surface area contributed by atoms with Gasteiger partial charge in [0.05, 0.1) is 6.42 Å². The summed E-state index contributed by atoms with van der Waals surface area (Å²) in [6, 6.07) is 6.14. The van der Waals surface area contributed by atoms with Crippen molar-refractivity contribution in [1.82, 2.24) is 0 Å². The lowest BCUT2D eigenvalue weighted by Crippen LogP contribution is -2.21. The van der Waals surface area contributed by atoms with Crippen LogP contribution >= 0.6 is 0 Å². The molecule has 0 amide bonds. The highest BCUT2D eigenvalue weighted by Crippen LogP contribution is 2.29. The summed E-state index contributed by atoms with van der Waals surface area (Å²) in [6.45, 7) is 2.04. The molecule has 0 saturated carbocycles. The van der Waals surface area contributed by atoms with Crippen molar-refractivity contribution in [1.29, 1.82) is 0 Å². The SMILES string of the molecule is N[C@H](CC(F)(F)F)c1ccc(N2CCCC2)cc1. The maximum absolute atomic E-state index is 12.2. The molecular weight excluding hydrogens is 241 g/mol. The quantitative estimate of drug-likeness (QED) is 0.901. The Kier molecular flexibility index (Phi) is 3.80. The van der Waals surface area contributed by atoms with E-state index in [9.17, 15) is 13.2 Å². The van der Waals surface area contributed by atoms with E-state index < -0.39 is 18.6 Å². The monoisotopic (exact) mass is 258 g/mol. The molecule has 1 aliphatic heterocycles. The molecule has 0 aromatic heterocycles. The van der Waals surface area contributed by atoms with Crippen molar-refractivity contribution < 1.29 is 13.2 Å². The van der Waals surface area contributed by atoms with Crippen molar-refractivity contribution in [2.24, 2.45) is 5.73 Å². The highest BCUT2D eigenvalue weighted by molar-refractivity contribution is 5.48. The maximum Gasteiger partial charge on any atom is 0.390 e. The van der Waals surface area contributed by atoms with E-state index in [0.29, 0.717) is 5.56 Å². The first kappa shape index (κ1) is 13.2. The van der Waals surface area contributed by atoms with Crippen LogP contribution in [0.25, 0.3) is 0 Å². The second-order valence-corrected chi connectivity index (χ2v) is 4.71. The molecule has 5 heteroatoms. The van der Waals surface area contributed by atoms with Crippen molar-refractivity contribution >= 4 is 5.69 Å². The van der Waals surface area contributed by atoms with Gasteiger partial charge in [-0.2, -0.15) is 13.2 Å². The number of benzene rings is 1. The van der Waals surface area contributed by atoms with Crippen LogP contribution < -0.4 is 10.6 Å². The molecule has 1 aromatic carbocycles. The zero-order valence-corrected chi connectivity index (χ0v) is 10.1. The van der Waals surface area contributed by atoms with Crippen LogP contribution in [-0.2, 0) is 0 Å². The number of hydrogen-bond acceptors (Lipinski definition) is 2. The summed E-state index contributed by atoms with van der Waals surface area (Å²) in [5, 5.41) is 0. The first-order chi connectivity index (χ1) is 8.46. The van der Waals surface area contributed by atoms with Crippen molar-refractivity contribution in [3.8, 4) is 0 Å². The third-order valence-electron chi connectivity index (χ3n) is 3.24. The van der Waals surface area contributed by atoms with Gasteiger partial charge in [0.2, 0.25) is 0 Å². The van der Waals surface area contributed by atoms with Gasteiger partial charge in [0.15, 0.2) is 0 Å². The molecule has 1 aromatic rings. The summed E-state index contributed by atoms with van der Waals surface area (Å²) in [6.07, 6.45) is -2.84. The molecule has 0 unspecified atom stereocenters. The smallest absolute Gasteiger partial charge is 0.372 e. The number of hydrogen-bond donors (Lipinski definition) is 1. The van der Waals surface area contributed by atoms with Crippen molar-refractivity contribution in [3.63, 3.8) is 0 Å². The lowest BCUT2D eigenvalue weighted by atomic mass is 10.0. The van der Waals surface area contributed by atoms with Crippen molar-refractivity contribution in [3.05, 3.63) is 29.8 Å². The lowest BCUT2D eigenvalue weighted by Gasteiger charge is -2.19. The van der Waals surface area contributed by atoms with E-state index in [1.807, 2.05) is 12.1 Å². The average molecular weight is 258 g/mol. The second kappa shape index (κ2) is 5.18. The topological polar surface area (TPSA) is 29.3 Å². The molecular formula is C13H17F3N2. The highest BCUT2D eigenvalue weighted by Gasteiger charge is 2.30. The second-order valence-electron chi connectivity index (χ2n) is 4.71. The molecule has 0 spiro atoms. The van der Waals surface area contributed by atoms with Crippen LogP contribution in [0.15, 0.2) is 24.3 Å². The first-order valence-electron chi connectivity index (χ1n) is 6.13. The normalized spacial score (nSPS) is 18.1. The Morgan fingerprint density at radius 1 is 1.11 bits per heavy atom. The van der Waals surface area contributed by atoms with Crippen molar-refractivity contribution in [2.45, 2.75) is 31.5 Å². The van der Waals surface area contributed by atoms with Crippen LogP contribution in [0.3, 0.4) is 0 Å². The molecule has 0 bridgehead atoms. The number of nitrogens with two attached hydrogens (primary N) is 1. The minimum Gasteiger partial charge on any atom is -0.372 e. The maximum atomic E-state index is 12.2. The Morgan fingerprint density at radius 2 is 1.67 bits per heavy atom. The fraction of sp³-hybridized carbons (Fsp3) is 0.538. The molecule has 100 valence electrons. The average Bonchev–Trinajstić information content (AvgIpc) is 2.80. The van der Waals surface area contributed by atoms with Gasteiger partial charge in [-0.05, 0) is 30.5 Å². The Morgan fingerprint density at radius 3 is 2.17 bits per heavy atom. The van der Waals surface area contributed by atoms with Crippen molar-refractivity contribution in [2.75, 3.05) is 18.0 Å². The summed E-state index contributed by atoms with van der Waals surface area (Å²) >= 11 is 0. The van der Waals surface area contributed by atoms with E-state index in [2.05, 4.69) is 4.90 Å². The standard InChI is InChI=1S/C13H17F3N2/c14-13(15,16)9-12(17)10-3-5-11(6-4-10)18-7-1-2-8-18/h3-6,12H,1-2,7-9,17H2/t12-/m1/s1. The summed E-state index contributed by atoms with van der Waals surface area (Å²) in [7, 11) is 0. The highest BCUT2D eigenvalue weighted by atomic mass is 19.4. The first-order valence-corrected chi connectivity index (χ1v) is 6.13. The number of nitrogens with zero attached hydrogens (tertiary/aromatic N) is 1. The van der Waals surface area contributed by atoms with Gasteiger partial charge in [0.25, 0.3) is 0 Å². The van der Waals surface area contributed by atoms with E-state index in [-0.39, 0.29) is 0 Å². The summed E-state index contributed by atoms with van der Waals surface area (Å²) in [5.74, 6) is 0. The zero-order chi connectivity index (χ0) is 13.2. The fourth-order valence-corrected chi connectivity index (χ4v) is 2.27. The molecule has 2 N–H and O–H groups in total. The van der Waals surface area contributed by atoms with Gasteiger partial charge in [-0.15, -0.1) is 0 Å². The third kappa shape index (κ3) is 3.38. The lowest BCUT2D eigenvalue weighted by molar-refractivity contribution is -0.138. The van der Waals surface area contributed by atoms with Gasteiger partial charge in [0.1, 0.15) is 0 Å². The number of rotatable bonds is 3. The Balaban J connectivity index is 2.02. The fourth-order valence-electron chi connectivity index (χ4n) is 2.27. The van der Waals surface area contributed by atoms with Gasteiger partial charge >= 0.3 is 6.18 Å². The van der Waals surface area contributed by atoms with Crippen LogP contribution in [0, 0.1) is 0 Å². The minimum absolute atomic E-state index is 0.537. The van der Waals surface area contributed by atoms with Gasteiger partial charge in [0, 0.05) is 24.8 Å². The van der Waals surface area contributed by atoms with Crippen LogP contribution in [0.1, 0.15) is 30.9 Å². The van der Waals surface area contributed by atoms with Crippen LogP contribution in [-0.4, -0.2) is 19.3 Å². The van der Waals surface area contributed by atoms with E-state index in [1.165, 1.54) is 12.8 Å². The molecule has 18 heavy (non-hydrogen) atoms. The van der Waals surface area contributed by atoms with Gasteiger partial charge in [-0.3, -0.25) is 0 Å². The molecule has 1 aliphatic rings. The molecule has 0 radical (unpaired) electrons. The molecule has 2 rings (SSSR count). The van der Waals surface area contributed by atoms with Crippen LogP contribution in [0.2, 0.25) is 0 Å². The third-order valence-corrected chi connectivity index (χ3v) is 3.24. The molecule has 1 atom stereocenters. The number of alkyl halides is 3. The zero-order valence-electron chi connectivity index (χ0n) is 10.1.